The van der Waals surface area contributed by atoms with Crippen molar-refractivity contribution in [3.63, 3.8) is 0 Å². The lowest BCUT2D eigenvalue weighted by atomic mass is 9.65. The number of carbonyl (C=O) groups is 2. The zero-order valence-electron chi connectivity index (χ0n) is 14.3. The molecule has 2 saturated heterocycles. The maximum absolute atomic E-state index is 13.2. The Morgan fingerprint density at radius 1 is 1.08 bits per heavy atom. The number of ketones is 1. The van der Waals surface area contributed by atoms with Gasteiger partial charge in [0.15, 0.2) is 0 Å². The van der Waals surface area contributed by atoms with Crippen LogP contribution in [0.15, 0.2) is 47.8 Å². The van der Waals surface area contributed by atoms with E-state index in [9.17, 15) is 9.59 Å². The Bertz CT molecular complexity index is 823. The molecule has 0 radical (unpaired) electrons. The molecule has 3 aliphatic rings. The average Bonchev–Trinajstić information content (AvgIpc) is 3.31. The van der Waals surface area contributed by atoms with E-state index < -0.39 is 0 Å². The third kappa shape index (κ3) is 2.52. The van der Waals surface area contributed by atoms with E-state index in [2.05, 4.69) is 22.2 Å². The quantitative estimate of drug-likeness (QED) is 0.856. The van der Waals surface area contributed by atoms with E-state index in [1.54, 1.807) is 16.3 Å². The molecule has 5 rings (SSSR count). The second-order valence-corrected chi connectivity index (χ2v) is 8.42. The highest BCUT2D eigenvalue weighted by molar-refractivity contribution is 7.10. The minimum absolute atomic E-state index is 0.0473. The molecule has 5 nitrogen and oxygen atoms in total. The summed E-state index contributed by atoms with van der Waals surface area (Å²) in [5.74, 6) is 0.485. The predicted molar refractivity (Wildman–Crippen MR) is 101 cm³/mol. The van der Waals surface area contributed by atoms with Gasteiger partial charge in [0, 0.05) is 29.7 Å². The van der Waals surface area contributed by atoms with Crippen LogP contribution in [0.1, 0.15) is 23.6 Å². The second-order valence-electron chi connectivity index (χ2n) is 7.44. The molecule has 1 aromatic carbocycles. The van der Waals surface area contributed by atoms with Crippen molar-refractivity contribution in [2.24, 2.45) is 17.8 Å². The molecule has 1 aromatic heterocycles. The number of hydrogen-bond donors (Lipinski definition) is 2. The summed E-state index contributed by atoms with van der Waals surface area (Å²) in [7, 11) is 0. The summed E-state index contributed by atoms with van der Waals surface area (Å²) in [5.41, 5.74) is 4.17. The second kappa shape index (κ2) is 6.30. The number of amides is 1. The first-order chi connectivity index (χ1) is 12.7. The van der Waals surface area contributed by atoms with E-state index in [1.165, 1.54) is 4.88 Å². The van der Waals surface area contributed by atoms with Gasteiger partial charge >= 0.3 is 0 Å². The van der Waals surface area contributed by atoms with Crippen molar-refractivity contribution in [2.45, 2.75) is 24.9 Å². The van der Waals surface area contributed by atoms with Crippen LogP contribution in [-0.4, -0.2) is 24.4 Å². The molecule has 26 heavy (non-hydrogen) atoms. The van der Waals surface area contributed by atoms with E-state index in [1.807, 2.05) is 36.4 Å². The number of carbonyl (C=O) groups excluding carboxylic acids is 2. The first-order valence-corrected chi connectivity index (χ1v) is 10.0. The molecular weight excluding hydrogens is 346 g/mol. The van der Waals surface area contributed by atoms with E-state index in [-0.39, 0.29) is 35.7 Å². The maximum atomic E-state index is 13.2. The van der Waals surface area contributed by atoms with E-state index in [4.69, 9.17) is 0 Å². The summed E-state index contributed by atoms with van der Waals surface area (Å²) in [5, 5.41) is 7.12. The number of rotatable bonds is 2. The van der Waals surface area contributed by atoms with Gasteiger partial charge in [-0.1, -0.05) is 24.3 Å². The van der Waals surface area contributed by atoms with Crippen LogP contribution in [0, 0.1) is 17.8 Å². The number of nitrogens with one attached hydrogen (secondary N) is 2. The van der Waals surface area contributed by atoms with E-state index in [0.29, 0.717) is 18.7 Å². The first-order valence-electron chi connectivity index (χ1n) is 9.17. The van der Waals surface area contributed by atoms with Crippen LogP contribution in [0.25, 0.3) is 0 Å². The molecule has 134 valence electrons. The Morgan fingerprint density at radius 3 is 2.69 bits per heavy atom. The Hall–Kier alpha value is -2.02. The zero-order chi connectivity index (χ0) is 17.7. The normalized spacial score (nSPS) is 33.8. The summed E-state index contributed by atoms with van der Waals surface area (Å²) < 4.78 is 0. The Labute approximate surface area is 156 Å². The number of piperidine rings is 1. The molecule has 3 fully saturated rings. The highest BCUT2D eigenvalue weighted by atomic mass is 32.1. The molecule has 2 aliphatic heterocycles. The van der Waals surface area contributed by atoms with Gasteiger partial charge in [0.25, 0.3) is 0 Å². The van der Waals surface area contributed by atoms with Gasteiger partial charge in [0.2, 0.25) is 5.91 Å². The molecule has 1 aliphatic carbocycles. The smallest absolute Gasteiger partial charge is 0.247 e. The van der Waals surface area contributed by atoms with Crippen LogP contribution in [0.2, 0.25) is 0 Å². The van der Waals surface area contributed by atoms with Gasteiger partial charge in [-0.05, 0) is 35.9 Å². The highest BCUT2D eigenvalue weighted by Gasteiger charge is 2.54. The van der Waals surface area contributed by atoms with Crippen molar-refractivity contribution in [3.05, 3.63) is 52.7 Å². The summed E-state index contributed by atoms with van der Waals surface area (Å²) in [6, 6.07) is 13.8. The molecule has 0 bridgehead atoms. The predicted octanol–water partition coefficient (Wildman–Crippen LogP) is 2.52. The maximum Gasteiger partial charge on any atom is 0.247 e. The van der Waals surface area contributed by atoms with Crippen molar-refractivity contribution < 1.29 is 9.59 Å². The summed E-state index contributed by atoms with van der Waals surface area (Å²) in [6.07, 6.45) is 1.42. The molecule has 0 spiro atoms. The Kier molecular flexibility index (Phi) is 3.92. The molecule has 5 unspecified atom stereocenters. The van der Waals surface area contributed by atoms with E-state index in [0.717, 1.165) is 12.1 Å². The number of benzene rings is 1. The minimum atomic E-state index is -0.194. The lowest BCUT2D eigenvalue weighted by Crippen LogP contribution is -2.57. The third-order valence-corrected chi connectivity index (χ3v) is 7.08. The number of hydrazine groups is 1. The van der Waals surface area contributed by atoms with Crippen LogP contribution >= 0.6 is 11.3 Å². The van der Waals surface area contributed by atoms with Gasteiger partial charge in [-0.2, -0.15) is 0 Å². The molecule has 2 N–H and O–H groups in total. The molecule has 6 heteroatoms. The Morgan fingerprint density at radius 2 is 1.92 bits per heavy atom. The van der Waals surface area contributed by atoms with Crippen LogP contribution in [0.3, 0.4) is 0 Å². The van der Waals surface area contributed by atoms with Gasteiger partial charge in [0.1, 0.15) is 5.78 Å². The molecule has 3 heterocycles. The topological polar surface area (TPSA) is 61.4 Å². The van der Waals surface area contributed by atoms with Crippen LogP contribution < -0.4 is 15.8 Å². The fourth-order valence-electron chi connectivity index (χ4n) is 4.82. The van der Waals surface area contributed by atoms with Crippen molar-refractivity contribution in [3.8, 4) is 0 Å². The van der Waals surface area contributed by atoms with Crippen molar-refractivity contribution in [2.75, 3.05) is 11.6 Å². The number of para-hydroxylation sites is 1. The van der Waals surface area contributed by atoms with Crippen molar-refractivity contribution >= 4 is 28.7 Å². The van der Waals surface area contributed by atoms with Gasteiger partial charge in [-0.15, -0.1) is 11.3 Å². The van der Waals surface area contributed by atoms with Crippen LogP contribution in [-0.2, 0) is 9.59 Å². The first kappa shape index (κ1) is 16.2. The highest BCUT2D eigenvalue weighted by Crippen LogP contribution is 2.46. The number of Topliss-reactive ketones (excluding diaryl/α,β-unsaturated/α-hetero) is 1. The van der Waals surface area contributed by atoms with Crippen molar-refractivity contribution in [1.29, 1.82) is 0 Å². The van der Waals surface area contributed by atoms with Gasteiger partial charge in [-0.25, -0.2) is 10.4 Å². The number of anilines is 1. The third-order valence-electron chi connectivity index (χ3n) is 6.05. The zero-order valence-corrected chi connectivity index (χ0v) is 15.1. The van der Waals surface area contributed by atoms with E-state index >= 15 is 0 Å². The summed E-state index contributed by atoms with van der Waals surface area (Å²) >= 11 is 1.72. The number of thiophene rings is 1. The monoisotopic (exact) mass is 367 g/mol. The van der Waals surface area contributed by atoms with Crippen LogP contribution in [0.5, 0.6) is 0 Å². The minimum Gasteiger partial charge on any atom is -0.299 e. The standard InChI is InChI=1S/C20H21N3O2S/c24-16-10-12(17-7-4-8-26-17)9-14-15(16)11-21-19-18(14)20(25)23(22-19)13-5-2-1-3-6-13/h1-8,12,14-15,18-19,21-22H,9-11H2. The molecule has 5 atom stereocenters. The molecule has 1 saturated carbocycles. The SMILES string of the molecule is O=C1CC(c2cccs2)CC2C1CNC1NN(c3ccccc3)C(=O)C12. The molecule has 1 amide bonds. The lowest BCUT2D eigenvalue weighted by Gasteiger charge is -2.42. The fourth-order valence-corrected chi connectivity index (χ4v) is 5.67. The largest absolute Gasteiger partial charge is 0.299 e. The number of hydrogen-bond acceptors (Lipinski definition) is 5. The van der Waals surface area contributed by atoms with Crippen LogP contribution in [0.4, 0.5) is 5.69 Å². The average molecular weight is 367 g/mol. The lowest BCUT2D eigenvalue weighted by molar-refractivity contribution is -0.133. The van der Waals surface area contributed by atoms with Gasteiger partial charge in [-0.3, -0.25) is 14.9 Å². The Balaban J connectivity index is 1.45. The summed E-state index contributed by atoms with van der Waals surface area (Å²) in [6.45, 7) is 0.657. The fraction of sp³-hybridized carbons (Fsp3) is 0.400. The van der Waals surface area contributed by atoms with Gasteiger partial charge < -0.3 is 0 Å². The summed E-state index contributed by atoms with van der Waals surface area (Å²) in [4.78, 5) is 27.3. The molecular formula is C20H21N3O2S. The van der Waals surface area contributed by atoms with Gasteiger partial charge in [0.05, 0.1) is 17.8 Å². The van der Waals surface area contributed by atoms with Crippen molar-refractivity contribution in [1.82, 2.24) is 10.7 Å². The number of fused-ring (bicyclic) bond motifs is 3. The number of nitrogens with zero attached hydrogens (tertiary/aromatic N) is 1. The molecule has 2 aromatic rings.